The number of aromatic amines is 1. The molecule has 0 spiro atoms. The molecule has 1 aliphatic heterocycles. The fraction of sp³-hybridized carbons (Fsp3) is 0.333. The van der Waals surface area contributed by atoms with Gasteiger partial charge in [-0.25, -0.2) is 4.39 Å². The summed E-state index contributed by atoms with van der Waals surface area (Å²) in [7, 11) is 1.50. The number of piperidine rings is 1. The average Bonchev–Trinajstić information content (AvgIpc) is 3.03. The van der Waals surface area contributed by atoms with Gasteiger partial charge in [-0.3, -0.25) is 9.98 Å². The van der Waals surface area contributed by atoms with Gasteiger partial charge in [0.05, 0.1) is 41.7 Å². The zero-order chi connectivity index (χ0) is 19.7. The lowest BCUT2D eigenvalue weighted by Crippen LogP contribution is -2.30. The number of hydrogen-bond donors (Lipinski definition) is 3. The molecule has 0 radical (unpaired) electrons. The number of methoxy groups -OCH3 is 1. The highest BCUT2D eigenvalue weighted by atomic mass is 35.5. The summed E-state index contributed by atoms with van der Waals surface area (Å²) in [5, 5.41) is 14.6. The van der Waals surface area contributed by atoms with E-state index in [0.29, 0.717) is 28.1 Å². The maximum Gasteiger partial charge on any atom is 0.198 e. The summed E-state index contributed by atoms with van der Waals surface area (Å²) >= 11 is 0. The van der Waals surface area contributed by atoms with Crippen LogP contribution in [0.5, 0.6) is 11.6 Å². The van der Waals surface area contributed by atoms with Crippen LogP contribution in [0.3, 0.4) is 0 Å². The monoisotopic (exact) mass is 490 g/mol. The molecule has 1 aliphatic rings. The summed E-state index contributed by atoms with van der Waals surface area (Å²) in [6.07, 6.45) is 3.54. The maximum absolute atomic E-state index is 14.5. The number of fused-ring (bicyclic) bond motifs is 1. The molecule has 0 amide bonds. The Morgan fingerprint density at radius 3 is 2.61 bits per heavy atom. The summed E-state index contributed by atoms with van der Waals surface area (Å²) in [4.78, 5) is 12.1. The van der Waals surface area contributed by atoms with Crippen molar-refractivity contribution in [1.82, 2.24) is 15.3 Å². The van der Waals surface area contributed by atoms with Crippen LogP contribution in [-0.4, -0.2) is 47.0 Å². The number of nitrogens with one attached hydrogen (secondary N) is 2. The molecule has 0 saturated carbocycles. The zero-order valence-corrected chi connectivity index (χ0v) is 19.6. The van der Waals surface area contributed by atoms with Crippen molar-refractivity contribution in [2.45, 2.75) is 25.8 Å². The molecule has 0 unspecified atom stereocenters. The highest BCUT2D eigenvalue weighted by Gasteiger charge is 2.20. The van der Waals surface area contributed by atoms with Crippen LogP contribution < -0.4 is 10.1 Å². The third-order valence-electron chi connectivity index (χ3n) is 5.16. The number of aromatic hydroxyl groups is 1. The largest absolute Gasteiger partial charge is 0.496 e. The standard InChI is InChI=1S/C21H23FN4O2.3ClH/c1-12(25-13-6-8-23-9-7-13)19-14-10-16(24-11-17(14)26-21(19)27)20-15(22)4-3-5-18(20)28-2;;;/h3-5,10-11,13,23,26-27H,6-9H2,1-2H3;3*1H. The van der Waals surface area contributed by atoms with Crippen LogP contribution in [0.25, 0.3) is 22.2 Å². The van der Waals surface area contributed by atoms with Crippen LogP contribution in [-0.2, 0) is 0 Å². The number of H-pyrrole nitrogens is 1. The minimum atomic E-state index is -0.410. The van der Waals surface area contributed by atoms with Gasteiger partial charge in [0.2, 0.25) is 0 Å². The van der Waals surface area contributed by atoms with Gasteiger partial charge in [0.15, 0.2) is 5.88 Å². The van der Waals surface area contributed by atoms with Gasteiger partial charge in [0, 0.05) is 11.1 Å². The van der Waals surface area contributed by atoms with E-state index in [1.807, 2.05) is 6.92 Å². The fourth-order valence-corrected chi connectivity index (χ4v) is 3.78. The first kappa shape index (κ1) is 27.0. The molecule has 6 nitrogen and oxygen atoms in total. The molecule has 1 aromatic carbocycles. The van der Waals surface area contributed by atoms with Crippen molar-refractivity contribution < 1.29 is 14.2 Å². The lowest BCUT2D eigenvalue weighted by atomic mass is 10.0. The first-order valence-corrected chi connectivity index (χ1v) is 9.37. The van der Waals surface area contributed by atoms with E-state index in [4.69, 9.17) is 9.73 Å². The van der Waals surface area contributed by atoms with E-state index in [0.717, 1.165) is 37.0 Å². The number of halogens is 4. The van der Waals surface area contributed by atoms with E-state index in [2.05, 4.69) is 15.3 Å². The third kappa shape index (κ3) is 5.41. The van der Waals surface area contributed by atoms with Gasteiger partial charge >= 0.3 is 0 Å². The van der Waals surface area contributed by atoms with Gasteiger partial charge in [0.25, 0.3) is 0 Å². The molecule has 0 bridgehead atoms. The smallest absolute Gasteiger partial charge is 0.198 e. The number of hydrogen-bond acceptors (Lipinski definition) is 5. The van der Waals surface area contributed by atoms with Crippen molar-refractivity contribution in [2.75, 3.05) is 20.2 Å². The number of ether oxygens (including phenoxy) is 1. The van der Waals surface area contributed by atoms with Gasteiger partial charge in [0.1, 0.15) is 11.6 Å². The Balaban J connectivity index is 0.00000160. The Morgan fingerprint density at radius 1 is 1.23 bits per heavy atom. The Kier molecular flexibility index (Phi) is 10.0. The number of benzene rings is 1. The summed E-state index contributed by atoms with van der Waals surface area (Å²) in [5.41, 5.74) is 2.80. The SMILES string of the molecule is COc1cccc(F)c1-c1cc2c(C(C)=NC3CCNCC3)c(O)[nH]c2cn1.Cl.Cl.Cl. The zero-order valence-electron chi connectivity index (χ0n) is 17.1. The molecule has 3 N–H and O–H groups in total. The van der Waals surface area contributed by atoms with E-state index in [1.54, 1.807) is 24.4 Å². The summed E-state index contributed by atoms with van der Waals surface area (Å²) in [5.74, 6) is 0.0467. The molecular formula is C21H26Cl3FN4O2. The van der Waals surface area contributed by atoms with E-state index in [-0.39, 0.29) is 49.1 Å². The molecule has 0 aliphatic carbocycles. The van der Waals surface area contributed by atoms with E-state index >= 15 is 0 Å². The number of aliphatic imine (C=N–C) groups is 1. The second-order valence-electron chi connectivity index (χ2n) is 6.98. The predicted molar refractivity (Wildman–Crippen MR) is 130 cm³/mol. The normalized spacial score (nSPS) is 14.4. The highest BCUT2D eigenvalue weighted by Crippen LogP contribution is 2.35. The Hall–Kier alpha value is -2.06. The topological polar surface area (TPSA) is 82.5 Å². The van der Waals surface area contributed by atoms with Gasteiger partial charge in [-0.05, 0) is 51.1 Å². The van der Waals surface area contributed by atoms with Crippen molar-refractivity contribution >= 4 is 53.8 Å². The van der Waals surface area contributed by atoms with Crippen LogP contribution in [0.4, 0.5) is 4.39 Å². The van der Waals surface area contributed by atoms with Gasteiger partial charge in [-0.2, -0.15) is 0 Å². The summed E-state index contributed by atoms with van der Waals surface area (Å²) in [6, 6.07) is 6.67. The molecule has 2 aromatic heterocycles. The molecule has 31 heavy (non-hydrogen) atoms. The molecule has 3 heterocycles. The Bertz CT molecular complexity index is 1050. The second kappa shape index (κ2) is 11.5. The first-order valence-electron chi connectivity index (χ1n) is 9.37. The minimum absolute atomic E-state index is 0. The van der Waals surface area contributed by atoms with Crippen molar-refractivity contribution in [2.24, 2.45) is 4.99 Å². The molecule has 10 heteroatoms. The van der Waals surface area contributed by atoms with E-state index in [9.17, 15) is 9.50 Å². The molecule has 3 aromatic rings. The molecule has 4 rings (SSSR count). The first-order chi connectivity index (χ1) is 13.6. The number of pyridine rings is 1. The van der Waals surface area contributed by atoms with E-state index in [1.165, 1.54) is 13.2 Å². The lowest BCUT2D eigenvalue weighted by Gasteiger charge is -2.19. The number of nitrogens with zero attached hydrogens (tertiary/aromatic N) is 2. The van der Waals surface area contributed by atoms with Gasteiger partial charge < -0.3 is 20.1 Å². The number of rotatable bonds is 4. The minimum Gasteiger partial charge on any atom is -0.496 e. The molecule has 1 saturated heterocycles. The maximum atomic E-state index is 14.5. The second-order valence-corrected chi connectivity index (χ2v) is 6.98. The fourth-order valence-electron chi connectivity index (χ4n) is 3.78. The van der Waals surface area contributed by atoms with Crippen LogP contribution in [0.2, 0.25) is 0 Å². The van der Waals surface area contributed by atoms with Crippen molar-refractivity contribution in [3.8, 4) is 22.9 Å². The Morgan fingerprint density at radius 2 is 1.94 bits per heavy atom. The highest BCUT2D eigenvalue weighted by molar-refractivity contribution is 6.12. The number of aromatic nitrogens is 2. The molecular weight excluding hydrogens is 466 g/mol. The molecule has 170 valence electrons. The summed E-state index contributed by atoms with van der Waals surface area (Å²) < 4.78 is 19.8. The van der Waals surface area contributed by atoms with Crippen LogP contribution in [0.1, 0.15) is 25.3 Å². The van der Waals surface area contributed by atoms with Crippen molar-refractivity contribution in [3.05, 3.63) is 41.8 Å². The van der Waals surface area contributed by atoms with Gasteiger partial charge in [-0.1, -0.05) is 6.07 Å². The lowest BCUT2D eigenvalue weighted by molar-refractivity contribution is 0.413. The van der Waals surface area contributed by atoms with Crippen molar-refractivity contribution in [1.29, 1.82) is 0 Å². The Labute approximate surface area is 198 Å². The average molecular weight is 492 g/mol. The van der Waals surface area contributed by atoms with E-state index < -0.39 is 5.82 Å². The van der Waals surface area contributed by atoms with Gasteiger partial charge in [-0.15, -0.1) is 37.2 Å². The predicted octanol–water partition coefficient (Wildman–Crippen LogP) is 4.91. The quantitative estimate of drug-likeness (QED) is 0.453. The third-order valence-corrected chi connectivity index (χ3v) is 5.16. The molecule has 1 fully saturated rings. The van der Waals surface area contributed by atoms with Crippen LogP contribution in [0, 0.1) is 5.82 Å². The van der Waals surface area contributed by atoms with Crippen LogP contribution >= 0.6 is 37.2 Å². The van der Waals surface area contributed by atoms with Crippen LogP contribution in [0.15, 0.2) is 35.5 Å². The molecule has 0 atom stereocenters. The summed E-state index contributed by atoms with van der Waals surface area (Å²) in [6.45, 7) is 3.79. The van der Waals surface area contributed by atoms with Crippen molar-refractivity contribution in [3.63, 3.8) is 0 Å².